The highest BCUT2D eigenvalue weighted by molar-refractivity contribution is 5.89. The van der Waals surface area contributed by atoms with Crippen molar-refractivity contribution in [2.75, 3.05) is 5.32 Å². The van der Waals surface area contributed by atoms with Gasteiger partial charge in [0.05, 0.1) is 5.54 Å². The van der Waals surface area contributed by atoms with Crippen LogP contribution in [0.3, 0.4) is 0 Å². The molecule has 0 bridgehead atoms. The average molecular weight is 422 g/mol. The number of hydrogen-bond acceptors (Lipinski definition) is 2. The van der Waals surface area contributed by atoms with Crippen molar-refractivity contribution in [3.63, 3.8) is 0 Å². The summed E-state index contributed by atoms with van der Waals surface area (Å²) in [7, 11) is 0. The van der Waals surface area contributed by atoms with Crippen molar-refractivity contribution in [3.05, 3.63) is 65.3 Å². The maximum atomic E-state index is 14.8. The SMILES string of the molecule is CC1=CC(C)(C)Nc2ccc3c(c21)C(C1C=CCCCCC1)Oc1c(F)cc(F)cc1-3. The van der Waals surface area contributed by atoms with Crippen molar-refractivity contribution in [3.8, 4) is 16.9 Å². The molecule has 1 N–H and O–H groups in total. The van der Waals surface area contributed by atoms with E-state index in [1.165, 1.54) is 24.5 Å². The molecule has 0 amide bonds. The Hall–Kier alpha value is -2.62. The monoisotopic (exact) mass is 421 g/mol. The summed E-state index contributed by atoms with van der Waals surface area (Å²) in [5.41, 5.74) is 5.57. The van der Waals surface area contributed by atoms with E-state index in [0.717, 1.165) is 47.7 Å². The molecule has 162 valence electrons. The first-order chi connectivity index (χ1) is 14.8. The summed E-state index contributed by atoms with van der Waals surface area (Å²) in [6, 6.07) is 6.35. The van der Waals surface area contributed by atoms with Gasteiger partial charge in [0.1, 0.15) is 11.9 Å². The molecule has 0 fully saturated rings. The Morgan fingerprint density at radius 1 is 1.06 bits per heavy atom. The number of anilines is 1. The Labute approximate surface area is 183 Å². The Kier molecular flexibility index (Phi) is 4.91. The number of nitrogens with one attached hydrogen (secondary N) is 1. The van der Waals surface area contributed by atoms with Gasteiger partial charge in [-0.1, -0.05) is 37.1 Å². The molecule has 0 spiro atoms. The zero-order valence-corrected chi connectivity index (χ0v) is 18.4. The lowest BCUT2D eigenvalue weighted by molar-refractivity contribution is 0.140. The molecule has 0 saturated carbocycles. The summed E-state index contributed by atoms with van der Waals surface area (Å²) in [6.07, 6.45) is 12.0. The molecule has 2 unspecified atom stereocenters. The minimum atomic E-state index is -0.635. The highest BCUT2D eigenvalue weighted by Gasteiger charge is 2.38. The Morgan fingerprint density at radius 2 is 1.90 bits per heavy atom. The molecule has 5 rings (SSSR count). The summed E-state index contributed by atoms with van der Waals surface area (Å²) >= 11 is 0. The third-order valence-corrected chi connectivity index (χ3v) is 6.68. The Bertz CT molecular complexity index is 1100. The third kappa shape index (κ3) is 3.56. The van der Waals surface area contributed by atoms with Crippen LogP contribution in [0.2, 0.25) is 0 Å². The maximum Gasteiger partial charge on any atom is 0.168 e. The van der Waals surface area contributed by atoms with Crippen molar-refractivity contribution in [1.29, 1.82) is 0 Å². The minimum absolute atomic E-state index is 0.144. The van der Waals surface area contributed by atoms with Crippen LogP contribution in [0.1, 0.15) is 70.1 Å². The number of fused-ring (bicyclic) bond motifs is 5. The van der Waals surface area contributed by atoms with Gasteiger partial charge in [0, 0.05) is 34.4 Å². The van der Waals surface area contributed by atoms with E-state index in [2.05, 4.69) is 44.3 Å². The molecule has 31 heavy (non-hydrogen) atoms. The lowest BCUT2D eigenvalue weighted by Gasteiger charge is -2.39. The van der Waals surface area contributed by atoms with Crippen LogP contribution in [0, 0.1) is 17.6 Å². The first kappa shape index (κ1) is 20.3. The van der Waals surface area contributed by atoms with E-state index in [9.17, 15) is 8.78 Å². The van der Waals surface area contributed by atoms with Crippen LogP contribution in [-0.4, -0.2) is 5.54 Å². The molecule has 1 aliphatic carbocycles. The Balaban J connectivity index is 1.75. The van der Waals surface area contributed by atoms with Gasteiger partial charge in [-0.3, -0.25) is 0 Å². The van der Waals surface area contributed by atoms with Gasteiger partial charge in [-0.05, 0) is 63.3 Å². The molecule has 4 heteroatoms. The van der Waals surface area contributed by atoms with Gasteiger partial charge in [0.25, 0.3) is 0 Å². The number of allylic oxidation sites excluding steroid dienone is 2. The molecule has 2 aromatic rings. The quantitative estimate of drug-likeness (QED) is 0.474. The van der Waals surface area contributed by atoms with E-state index < -0.39 is 11.6 Å². The third-order valence-electron chi connectivity index (χ3n) is 6.68. The summed E-state index contributed by atoms with van der Waals surface area (Å²) in [6.45, 7) is 6.41. The number of rotatable bonds is 1. The van der Waals surface area contributed by atoms with Crippen LogP contribution in [0.5, 0.6) is 5.75 Å². The zero-order valence-electron chi connectivity index (χ0n) is 18.4. The van der Waals surface area contributed by atoms with Crippen molar-refractivity contribution >= 4 is 11.3 Å². The van der Waals surface area contributed by atoms with Crippen LogP contribution in [0.4, 0.5) is 14.5 Å². The van der Waals surface area contributed by atoms with E-state index in [1.807, 2.05) is 12.1 Å². The largest absolute Gasteiger partial charge is 0.481 e. The van der Waals surface area contributed by atoms with E-state index in [-0.39, 0.29) is 23.3 Å². The first-order valence-corrected chi connectivity index (χ1v) is 11.3. The highest BCUT2D eigenvalue weighted by atomic mass is 19.1. The molecule has 2 aromatic carbocycles. The molecule has 0 saturated heterocycles. The fourth-order valence-electron chi connectivity index (χ4n) is 5.48. The summed E-state index contributed by atoms with van der Waals surface area (Å²) < 4.78 is 35.4. The second-order valence-electron chi connectivity index (χ2n) is 9.66. The molecule has 3 aliphatic rings. The van der Waals surface area contributed by atoms with Gasteiger partial charge in [-0.15, -0.1) is 0 Å². The number of hydrogen-bond donors (Lipinski definition) is 1. The molecule has 2 nitrogen and oxygen atoms in total. The van der Waals surface area contributed by atoms with Crippen LogP contribution >= 0.6 is 0 Å². The van der Waals surface area contributed by atoms with E-state index in [0.29, 0.717) is 5.56 Å². The second kappa shape index (κ2) is 7.51. The maximum absolute atomic E-state index is 14.8. The van der Waals surface area contributed by atoms with E-state index >= 15 is 0 Å². The predicted molar refractivity (Wildman–Crippen MR) is 122 cm³/mol. The van der Waals surface area contributed by atoms with Gasteiger partial charge in [-0.2, -0.15) is 0 Å². The van der Waals surface area contributed by atoms with Crippen molar-refractivity contribution in [1.82, 2.24) is 0 Å². The molecule has 2 heterocycles. The molecule has 0 radical (unpaired) electrons. The van der Waals surface area contributed by atoms with Gasteiger partial charge in [0.15, 0.2) is 11.6 Å². The van der Waals surface area contributed by atoms with Crippen molar-refractivity contribution in [2.45, 2.75) is 64.5 Å². The van der Waals surface area contributed by atoms with Gasteiger partial charge in [0.2, 0.25) is 0 Å². The van der Waals surface area contributed by atoms with Crippen LogP contribution in [0.15, 0.2) is 42.5 Å². The second-order valence-corrected chi connectivity index (χ2v) is 9.66. The van der Waals surface area contributed by atoms with Crippen LogP contribution < -0.4 is 10.1 Å². The van der Waals surface area contributed by atoms with Gasteiger partial charge < -0.3 is 10.1 Å². The van der Waals surface area contributed by atoms with Gasteiger partial charge >= 0.3 is 0 Å². The smallest absolute Gasteiger partial charge is 0.168 e. The fourth-order valence-corrected chi connectivity index (χ4v) is 5.48. The van der Waals surface area contributed by atoms with E-state index in [1.54, 1.807) is 0 Å². The number of ether oxygens (including phenoxy) is 1. The average Bonchev–Trinajstić information content (AvgIpc) is 2.66. The van der Waals surface area contributed by atoms with Gasteiger partial charge in [-0.25, -0.2) is 8.78 Å². The number of benzene rings is 2. The standard InChI is InChI=1S/C27H29F2NO/c1-16-15-27(2,3)30-22-12-11-19-20-13-18(28)14-21(29)26(20)31-25(24(19)23(16)22)17-9-7-5-4-6-8-10-17/h7,9,11-15,17,25,30H,4-6,8,10H2,1-3H3. The molecule has 2 aliphatic heterocycles. The minimum Gasteiger partial charge on any atom is -0.481 e. The lowest BCUT2D eigenvalue weighted by atomic mass is 9.77. The van der Waals surface area contributed by atoms with Crippen molar-refractivity contribution in [2.24, 2.45) is 5.92 Å². The molecular weight excluding hydrogens is 392 g/mol. The summed E-state index contributed by atoms with van der Waals surface area (Å²) in [4.78, 5) is 0. The number of halogens is 2. The van der Waals surface area contributed by atoms with Crippen molar-refractivity contribution < 1.29 is 13.5 Å². The zero-order chi connectivity index (χ0) is 21.8. The first-order valence-electron chi connectivity index (χ1n) is 11.3. The molecule has 2 atom stereocenters. The highest BCUT2D eigenvalue weighted by Crippen LogP contribution is 2.52. The summed E-state index contributed by atoms with van der Waals surface area (Å²) in [5, 5.41) is 3.61. The molecule has 0 aromatic heterocycles. The molecular formula is C27H29F2NO. The normalized spacial score (nSPS) is 23.8. The topological polar surface area (TPSA) is 21.3 Å². The lowest BCUT2D eigenvalue weighted by Crippen LogP contribution is -2.33. The van der Waals surface area contributed by atoms with E-state index in [4.69, 9.17) is 4.74 Å². The summed E-state index contributed by atoms with van der Waals surface area (Å²) in [5.74, 6) is -0.907. The van der Waals surface area contributed by atoms with Crippen LogP contribution in [-0.2, 0) is 0 Å². The fraction of sp³-hybridized carbons (Fsp3) is 0.407. The van der Waals surface area contributed by atoms with Crippen LogP contribution in [0.25, 0.3) is 16.7 Å². The predicted octanol–water partition coefficient (Wildman–Crippen LogP) is 7.81. The Morgan fingerprint density at radius 3 is 2.74 bits per heavy atom.